The molecule has 1 saturated heterocycles. The molecular formula is C25H36N6O3. The van der Waals surface area contributed by atoms with E-state index < -0.39 is 0 Å². The molecule has 3 amide bonds. The second kappa shape index (κ2) is 12.0. The Morgan fingerprint density at radius 3 is 2.53 bits per heavy atom. The van der Waals surface area contributed by atoms with Gasteiger partial charge in [-0.25, -0.2) is 4.79 Å². The minimum atomic E-state index is -0.112. The minimum absolute atomic E-state index is 0.112. The van der Waals surface area contributed by atoms with Gasteiger partial charge in [0, 0.05) is 50.7 Å². The van der Waals surface area contributed by atoms with Crippen molar-refractivity contribution < 1.29 is 14.1 Å². The van der Waals surface area contributed by atoms with Gasteiger partial charge < -0.3 is 20.1 Å². The van der Waals surface area contributed by atoms with Crippen LogP contribution in [0.25, 0.3) is 11.4 Å². The third-order valence-corrected chi connectivity index (χ3v) is 6.66. The Hall–Kier alpha value is -2.94. The van der Waals surface area contributed by atoms with Crippen LogP contribution in [0.3, 0.4) is 0 Å². The van der Waals surface area contributed by atoms with Crippen LogP contribution in [0.2, 0.25) is 0 Å². The van der Waals surface area contributed by atoms with Gasteiger partial charge in [-0.3, -0.25) is 9.69 Å². The molecule has 2 aromatic rings. The predicted octanol–water partition coefficient (Wildman–Crippen LogP) is 3.10. The molecule has 0 atom stereocenters. The highest BCUT2D eigenvalue weighted by Gasteiger charge is 2.22. The average molecular weight is 469 g/mol. The number of hydrogen-bond acceptors (Lipinski definition) is 6. The van der Waals surface area contributed by atoms with E-state index in [0.29, 0.717) is 56.8 Å². The summed E-state index contributed by atoms with van der Waals surface area (Å²) in [5, 5.41) is 10.0. The number of amides is 3. The van der Waals surface area contributed by atoms with Gasteiger partial charge in [-0.2, -0.15) is 4.98 Å². The number of benzene rings is 1. The van der Waals surface area contributed by atoms with Crippen molar-refractivity contribution in [2.75, 3.05) is 32.7 Å². The van der Waals surface area contributed by atoms with Crippen molar-refractivity contribution >= 4 is 11.9 Å². The third-order valence-electron chi connectivity index (χ3n) is 6.66. The molecule has 2 N–H and O–H groups in total. The molecule has 0 spiro atoms. The third kappa shape index (κ3) is 7.03. The topological polar surface area (TPSA) is 104 Å². The van der Waals surface area contributed by atoms with Crippen molar-refractivity contribution in [3.8, 4) is 11.4 Å². The molecule has 1 aliphatic carbocycles. The molecule has 2 fully saturated rings. The molecule has 0 radical (unpaired) electrons. The van der Waals surface area contributed by atoms with Gasteiger partial charge in [-0.05, 0) is 26.2 Å². The molecule has 9 nitrogen and oxygen atoms in total. The van der Waals surface area contributed by atoms with Crippen molar-refractivity contribution in [3.05, 3.63) is 35.7 Å². The van der Waals surface area contributed by atoms with Crippen LogP contribution in [0.4, 0.5) is 4.79 Å². The molecule has 9 heteroatoms. The van der Waals surface area contributed by atoms with E-state index in [1.807, 2.05) is 36.1 Å². The Morgan fingerprint density at radius 2 is 1.79 bits per heavy atom. The zero-order chi connectivity index (χ0) is 23.8. The highest BCUT2D eigenvalue weighted by atomic mass is 16.5. The van der Waals surface area contributed by atoms with Crippen LogP contribution in [0.15, 0.2) is 28.8 Å². The summed E-state index contributed by atoms with van der Waals surface area (Å²) in [6.07, 6.45) is 6.89. The Kier molecular flexibility index (Phi) is 8.51. The Labute approximate surface area is 201 Å². The Morgan fingerprint density at radius 1 is 1.06 bits per heavy atom. The summed E-state index contributed by atoms with van der Waals surface area (Å²) in [6.45, 7) is 6.07. The second-order valence-corrected chi connectivity index (χ2v) is 9.37. The zero-order valence-electron chi connectivity index (χ0n) is 20.1. The summed E-state index contributed by atoms with van der Waals surface area (Å²) in [5.74, 6) is 1.34. The first kappa shape index (κ1) is 24.2. The molecule has 2 heterocycles. The van der Waals surface area contributed by atoms with Crippen molar-refractivity contribution in [2.24, 2.45) is 0 Å². The number of carbonyl (C=O) groups excluding carboxylic acids is 2. The van der Waals surface area contributed by atoms with Crippen LogP contribution >= 0.6 is 0 Å². The molecule has 4 rings (SSSR count). The van der Waals surface area contributed by atoms with Crippen molar-refractivity contribution in [2.45, 2.75) is 64.5 Å². The van der Waals surface area contributed by atoms with E-state index in [9.17, 15) is 9.59 Å². The molecule has 0 unspecified atom stereocenters. The number of piperazine rings is 1. The van der Waals surface area contributed by atoms with E-state index >= 15 is 0 Å². The number of aryl methyl sites for hydroxylation is 1. The maximum Gasteiger partial charge on any atom is 0.315 e. The number of nitrogens with one attached hydrogen (secondary N) is 2. The van der Waals surface area contributed by atoms with Crippen molar-refractivity contribution in [1.29, 1.82) is 0 Å². The Bertz CT molecular complexity index is 930. The summed E-state index contributed by atoms with van der Waals surface area (Å²) in [4.78, 5) is 33.2. The van der Waals surface area contributed by atoms with Gasteiger partial charge in [0.25, 0.3) is 0 Å². The van der Waals surface area contributed by atoms with Crippen LogP contribution in [-0.4, -0.2) is 70.6 Å². The SMILES string of the molecule is Cc1ccc(-c2noc(CN3CCN(C(=O)CCCNC(=O)NC4CCCCC4)CC3)n2)cc1. The molecule has 184 valence electrons. The number of carbonyl (C=O) groups is 2. The van der Waals surface area contributed by atoms with Crippen LogP contribution in [0, 0.1) is 6.92 Å². The van der Waals surface area contributed by atoms with Gasteiger partial charge in [0.1, 0.15) is 0 Å². The van der Waals surface area contributed by atoms with Gasteiger partial charge in [-0.1, -0.05) is 54.2 Å². The van der Waals surface area contributed by atoms with Crippen LogP contribution in [-0.2, 0) is 11.3 Å². The fourth-order valence-corrected chi connectivity index (χ4v) is 4.57. The quantitative estimate of drug-likeness (QED) is 0.577. The minimum Gasteiger partial charge on any atom is -0.340 e. The molecular weight excluding hydrogens is 432 g/mol. The molecule has 34 heavy (non-hydrogen) atoms. The van der Waals surface area contributed by atoms with E-state index in [1.54, 1.807) is 0 Å². The first-order chi connectivity index (χ1) is 16.6. The number of nitrogens with zero attached hydrogens (tertiary/aromatic N) is 4. The van der Waals surface area contributed by atoms with E-state index in [1.165, 1.54) is 24.8 Å². The first-order valence-electron chi connectivity index (χ1n) is 12.5. The average Bonchev–Trinajstić information content (AvgIpc) is 3.31. The summed E-state index contributed by atoms with van der Waals surface area (Å²) in [7, 11) is 0. The molecule has 0 bridgehead atoms. The largest absolute Gasteiger partial charge is 0.340 e. The van der Waals surface area contributed by atoms with Crippen LogP contribution in [0.1, 0.15) is 56.4 Å². The molecule has 1 saturated carbocycles. The maximum atomic E-state index is 12.5. The Balaban J connectivity index is 1.11. The van der Waals surface area contributed by atoms with E-state index in [-0.39, 0.29) is 11.9 Å². The van der Waals surface area contributed by atoms with Gasteiger partial charge >= 0.3 is 6.03 Å². The molecule has 1 aromatic heterocycles. The lowest BCUT2D eigenvalue weighted by atomic mass is 9.96. The monoisotopic (exact) mass is 468 g/mol. The highest BCUT2D eigenvalue weighted by molar-refractivity contribution is 5.76. The van der Waals surface area contributed by atoms with Gasteiger partial charge in [0.15, 0.2) is 0 Å². The van der Waals surface area contributed by atoms with Gasteiger partial charge in [-0.15, -0.1) is 0 Å². The second-order valence-electron chi connectivity index (χ2n) is 9.37. The summed E-state index contributed by atoms with van der Waals surface area (Å²) >= 11 is 0. The lowest BCUT2D eigenvalue weighted by molar-refractivity contribution is -0.133. The lowest BCUT2D eigenvalue weighted by Crippen LogP contribution is -2.48. The van der Waals surface area contributed by atoms with Crippen molar-refractivity contribution in [3.63, 3.8) is 0 Å². The fraction of sp³-hybridized carbons (Fsp3) is 0.600. The van der Waals surface area contributed by atoms with Crippen LogP contribution in [0.5, 0.6) is 0 Å². The summed E-state index contributed by atoms with van der Waals surface area (Å²) in [6, 6.07) is 8.24. The van der Waals surface area contributed by atoms with E-state index in [2.05, 4.69) is 25.7 Å². The number of aromatic nitrogens is 2. The lowest BCUT2D eigenvalue weighted by Gasteiger charge is -2.34. The molecule has 1 aliphatic heterocycles. The van der Waals surface area contributed by atoms with Crippen LogP contribution < -0.4 is 10.6 Å². The smallest absolute Gasteiger partial charge is 0.315 e. The summed E-state index contributed by atoms with van der Waals surface area (Å²) in [5.41, 5.74) is 2.13. The number of urea groups is 1. The highest BCUT2D eigenvalue weighted by Crippen LogP contribution is 2.18. The number of hydrogen-bond donors (Lipinski definition) is 2. The van der Waals surface area contributed by atoms with E-state index in [0.717, 1.165) is 31.5 Å². The number of rotatable bonds is 8. The fourth-order valence-electron chi connectivity index (χ4n) is 4.57. The predicted molar refractivity (Wildman–Crippen MR) is 129 cm³/mol. The molecule has 2 aliphatic rings. The van der Waals surface area contributed by atoms with E-state index in [4.69, 9.17) is 4.52 Å². The first-order valence-corrected chi connectivity index (χ1v) is 12.5. The maximum absolute atomic E-state index is 12.5. The summed E-state index contributed by atoms with van der Waals surface area (Å²) < 4.78 is 5.44. The zero-order valence-corrected chi connectivity index (χ0v) is 20.1. The van der Waals surface area contributed by atoms with Gasteiger partial charge in [0.05, 0.1) is 6.54 Å². The van der Waals surface area contributed by atoms with Crippen molar-refractivity contribution in [1.82, 2.24) is 30.6 Å². The molecule has 1 aromatic carbocycles. The standard InChI is InChI=1S/C25H36N6O3/c1-19-9-11-20(12-10-19)24-28-22(34-29-24)18-30-14-16-31(17-15-30)23(32)8-5-13-26-25(33)27-21-6-3-2-4-7-21/h9-12,21H,2-8,13-18H2,1H3,(H2,26,27,33). The normalized spacial score (nSPS) is 17.5. The van der Waals surface area contributed by atoms with Gasteiger partial charge in [0.2, 0.25) is 17.6 Å².